The summed E-state index contributed by atoms with van der Waals surface area (Å²) in [5, 5.41) is 0. The van der Waals surface area contributed by atoms with Gasteiger partial charge in [-0.25, -0.2) is 4.79 Å². The molecular formula is C20H23NO6. The summed E-state index contributed by atoms with van der Waals surface area (Å²) in [6.07, 6.45) is 0. The van der Waals surface area contributed by atoms with E-state index in [-0.39, 0.29) is 25.5 Å². The first-order chi connectivity index (χ1) is 12.9. The highest BCUT2D eigenvalue weighted by Gasteiger charge is 2.19. The van der Waals surface area contributed by atoms with E-state index in [4.69, 9.17) is 14.2 Å². The van der Waals surface area contributed by atoms with E-state index >= 15 is 0 Å². The van der Waals surface area contributed by atoms with Gasteiger partial charge in [0, 0.05) is 11.4 Å². The Hall–Kier alpha value is -3.09. The van der Waals surface area contributed by atoms with Gasteiger partial charge in [-0.1, -0.05) is 12.1 Å². The van der Waals surface area contributed by atoms with Crippen LogP contribution in [-0.4, -0.2) is 42.6 Å². The van der Waals surface area contributed by atoms with Crippen LogP contribution in [0.3, 0.4) is 0 Å². The maximum atomic E-state index is 12.3. The highest BCUT2D eigenvalue weighted by Crippen LogP contribution is 2.18. The highest BCUT2D eigenvalue weighted by atomic mass is 16.5. The van der Waals surface area contributed by atoms with Crippen molar-refractivity contribution >= 4 is 17.7 Å². The average molecular weight is 373 g/mol. The van der Waals surface area contributed by atoms with Crippen molar-refractivity contribution in [3.05, 3.63) is 52.8 Å². The zero-order valence-corrected chi connectivity index (χ0v) is 15.9. The van der Waals surface area contributed by atoms with Gasteiger partial charge in [0.25, 0.3) is 0 Å². The van der Waals surface area contributed by atoms with Crippen LogP contribution in [0.4, 0.5) is 0 Å². The topological polar surface area (TPSA) is 83.8 Å². The second kappa shape index (κ2) is 9.02. The summed E-state index contributed by atoms with van der Waals surface area (Å²) in [5.41, 5.74) is 2.10. The predicted octanol–water partition coefficient (Wildman–Crippen LogP) is 2.72. The molecule has 0 saturated carbocycles. The van der Waals surface area contributed by atoms with Crippen molar-refractivity contribution in [2.75, 3.05) is 20.3 Å². The Kier molecular flexibility index (Phi) is 6.76. The Balaban J connectivity index is 2.02. The zero-order valence-electron chi connectivity index (χ0n) is 15.9. The molecule has 0 radical (unpaired) electrons. The van der Waals surface area contributed by atoms with Crippen molar-refractivity contribution in [3.8, 4) is 5.75 Å². The van der Waals surface area contributed by atoms with E-state index in [0.717, 1.165) is 5.69 Å². The smallest absolute Gasteiger partial charge is 0.339 e. The van der Waals surface area contributed by atoms with Crippen LogP contribution >= 0.6 is 0 Å². The Morgan fingerprint density at radius 2 is 1.74 bits per heavy atom. The number of esters is 2. The molecular weight excluding hydrogens is 350 g/mol. The van der Waals surface area contributed by atoms with Crippen LogP contribution in [0.5, 0.6) is 5.75 Å². The lowest BCUT2D eigenvalue weighted by Gasteiger charge is -2.11. The molecule has 0 aliphatic carbocycles. The van der Waals surface area contributed by atoms with Gasteiger partial charge in [-0.15, -0.1) is 0 Å². The molecule has 0 aliphatic heterocycles. The molecule has 1 aromatic carbocycles. The summed E-state index contributed by atoms with van der Waals surface area (Å²) in [6, 6.07) is 8.40. The molecule has 2 rings (SSSR count). The van der Waals surface area contributed by atoms with E-state index in [1.165, 1.54) is 7.11 Å². The fraction of sp³-hybridized carbons (Fsp3) is 0.350. The lowest BCUT2D eigenvalue weighted by atomic mass is 10.1. The number of methoxy groups -OCH3 is 1. The van der Waals surface area contributed by atoms with E-state index in [9.17, 15) is 14.4 Å². The monoisotopic (exact) mass is 373 g/mol. The third kappa shape index (κ3) is 4.75. The number of ether oxygens (including phenoxy) is 3. The van der Waals surface area contributed by atoms with Crippen LogP contribution in [0.25, 0.3) is 0 Å². The molecule has 0 amide bonds. The van der Waals surface area contributed by atoms with Crippen molar-refractivity contribution in [3.63, 3.8) is 0 Å². The number of benzene rings is 1. The molecule has 2 aromatic rings. The molecule has 7 nitrogen and oxygen atoms in total. The number of rotatable bonds is 8. The summed E-state index contributed by atoms with van der Waals surface area (Å²) in [6.45, 7) is 5.03. The molecule has 0 spiro atoms. The maximum absolute atomic E-state index is 12.3. The molecule has 0 aliphatic rings. The first kappa shape index (κ1) is 20.2. The molecule has 144 valence electrons. The van der Waals surface area contributed by atoms with Crippen molar-refractivity contribution in [2.24, 2.45) is 0 Å². The third-order valence-corrected chi connectivity index (χ3v) is 4.13. The summed E-state index contributed by atoms with van der Waals surface area (Å²) >= 11 is 0. The molecule has 0 fully saturated rings. The molecule has 0 unspecified atom stereocenters. The minimum Gasteiger partial charge on any atom is -0.496 e. The van der Waals surface area contributed by atoms with Gasteiger partial charge in [0.05, 0.1) is 24.8 Å². The number of hydrogen-bond donors (Lipinski definition) is 0. The molecule has 1 heterocycles. The third-order valence-electron chi connectivity index (χ3n) is 4.13. The van der Waals surface area contributed by atoms with Crippen molar-refractivity contribution < 1.29 is 28.6 Å². The van der Waals surface area contributed by atoms with Crippen LogP contribution in [-0.2, 0) is 20.8 Å². The highest BCUT2D eigenvalue weighted by molar-refractivity contribution is 6.00. The zero-order chi connectivity index (χ0) is 20.0. The van der Waals surface area contributed by atoms with Crippen molar-refractivity contribution in [1.82, 2.24) is 4.57 Å². The lowest BCUT2D eigenvalue weighted by molar-refractivity contribution is -0.143. The molecule has 1 aromatic heterocycles. The van der Waals surface area contributed by atoms with E-state index in [2.05, 4.69) is 0 Å². The number of nitrogens with zero attached hydrogens (tertiary/aromatic N) is 1. The normalized spacial score (nSPS) is 10.4. The van der Waals surface area contributed by atoms with E-state index in [1.54, 1.807) is 55.7 Å². The fourth-order valence-electron chi connectivity index (χ4n) is 2.73. The molecule has 7 heteroatoms. The van der Waals surface area contributed by atoms with Gasteiger partial charge in [0.2, 0.25) is 5.78 Å². The second-order valence-electron chi connectivity index (χ2n) is 5.88. The molecule has 0 atom stereocenters. The van der Waals surface area contributed by atoms with E-state index in [1.807, 2.05) is 0 Å². The van der Waals surface area contributed by atoms with Crippen LogP contribution in [0.15, 0.2) is 30.3 Å². The first-order valence-electron chi connectivity index (χ1n) is 8.54. The maximum Gasteiger partial charge on any atom is 0.339 e. The van der Waals surface area contributed by atoms with Gasteiger partial charge in [-0.2, -0.15) is 0 Å². The summed E-state index contributed by atoms with van der Waals surface area (Å²) < 4.78 is 16.9. The van der Waals surface area contributed by atoms with Gasteiger partial charge < -0.3 is 18.8 Å². The van der Waals surface area contributed by atoms with E-state index < -0.39 is 11.9 Å². The lowest BCUT2D eigenvalue weighted by Crippen LogP contribution is -2.20. The van der Waals surface area contributed by atoms with Crippen molar-refractivity contribution in [2.45, 2.75) is 27.3 Å². The number of ketones is 1. The van der Waals surface area contributed by atoms with Gasteiger partial charge in [0.15, 0.2) is 6.61 Å². The number of carbonyl (C=O) groups excluding carboxylic acids is 3. The van der Waals surface area contributed by atoms with Crippen LogP contribution < -0.4 is 4.74 Å². The number of para-hydroxylation sites is 1. The summed E-state index contributed by atoms with van der Waals surface area (Å²) in [5.74, 6) is -0.935. The van der Waals surface area contributed by atoms with Crippen LogP contribution in [0.2, 0.25) is 0 Å². The van der Waals surface area contributed by atoms with Gasteiger partial charge in [0.1, 0.15) is 12.3 Å². The molecule has 27 heavy (non-hydrogen) atoms. The fourth-order valence-corrected chi connectivity index (χ4v) is 2.73. The van der Waals surface area contributed by atoms with Crippen LogP contribution in [0.1, 0.15) is 39.0 Å². The largest absolute Gasteiger partial charge is 0.496 e. The Bertz CT molecular complexity index is 852. The SMILES string of the molecule is CCOC(=O)c1cc(C)n(CC(=O)OCC(=O)c2ccccc2OC)c1C. The quantitative estimate of drug-likeness (QED) is 0.523. The first-order valence-corrected chi connectivity index (χ1v) is 8.54. The van der Waals surface area contributed by atoms with Crippen molar-refractivity contribution in [1.29, 1.82) is 0 Å². The number of carbonyl (C=O) groups is 3. The summed E-state index contributed by atoms with van der Waals surface area (Å²) in [4.78, 5) is 36.4. The minimum absolute atomic E-state index is 0.101. The Morgan fingerprint density at radius 3 is 2.41 bits per heavy atom. The molecule has 0 N–H and O–H groups in total. The van der Waals surface area contributed by atoms with Gasteiger partial charge in [-0.3, -0.25) is 9.59 Å². The number of aryl methyl sites for hydroxylation is 1. The number of hydrogen-bond acceptors (Lipinski definition) is 6. The number of aromatic nitrogens is 1. The van der Waals surface area contributed by atoms with E-state index in [0.29, 0.717) is 22.6 Å². The van der Waals surface area contributed by atoms with Gasteiger partial charge >= 0.3 is 11.9 Å². The standard InChI is InChI=1S/C20H23NO6/c1-5-26-20(24)16-10-13(2)21(14(16)3)11-19(23)27-12-17(22)15-8-6-7-9-18(15)25-4/h6-10H,5,11-12H2,1-4H3. The average Bonchev–Trinajstić information content (AvgIpc) is 2.94. The Labute approximate surface area is 157 Å². The van der Waals surface area contributed by atoms with Gasteiger partial charge in [-0.05, 0) is 39.0 Å². The molecule has 0 bridgehead atoms. The summed E-state index contributed by atoms with van der Waals surface area (Å²) in [7, 11) is 1.47. The number of Topliss-reactive ketones (excluding diaryl/α,β-unsaturated/α-hetero) is 1. The predicted molar refractivity (Wildman–Crippen MR) is 98.1 cm³/mol. The Morgan fingerprint density at radius 1 is 1.04 bits per heavy atom. The van der Waals surface area contributed by atoms with Crippen LogP contribution in [0, 0.1) is 13.8 Å². The second-order valence-corrected chi connectivity index (χ2v) is 5.88. The minimum atomic E-state index is -0.574. The molecule has 0 saturated heterocycles.